The molecule has 2 heterocycles. The number of hydrogen-bond donors (Lipinski definition) is 0. The third-order valence-corrected chi connectivity index (χ3v) is 5.09. The van der Waals surface area contributed by atoms with E-state index >= 15 is 0 Å². The minimum atomic E-state index is -0.0263. The Hall–Kier alpha value is -2.60. The Morgan fingerprint density at radius 1 is 1.32 bits per heavy atom. The fraction of sp³-hybridized carbons (Fsp3) is 0.263. The van der Waals surface area contributed by atoms with E-state index in [-0.39, 0.29) is 18.4 Å². The van der Waals surface area contributed by atoms with Gasteiger partial charge in [-0.2, -0.15) is 0 Å². The van der Waals surface area contributed by atoms with Crippen molar-refractivity contribution in [2.45, 2.75) is 19.4 Å². The van der Waals surface area contributed by atoms with Crippen LogP contribution in [0.1, 0.15) is 24.2 Å². The molecular weight excluding hydrogens is 336 g/mol. The molecule has 0 bridgehead atoms. The van der Waals surface area contributed by atoms with Crippen LogP contribution in [-0.2, 0) is 11.2 Å². The average molecular weight is 356 g/mol. The Kier molecular flexibility index (Phi) is 5.19. The highest BCUT2D eigenvalue weighted by Gasteiger charge is 2.19. The molecule has 3 rings (SSSR count). The predicted molar refractivity (Wildman–Crippen MR) is 97.7 cm³/mol. The van der Waals surface area contributed by atoms with Gasteiger partial charge in [-0.3, -0.25) is 4.79 Å². The number of aromatic nitrogens is 1. The van der Waals surface area contributed by atoms with Gasteiger partial charge in [0.2, 0.25) is 5.91 Å². The van der Waals surface area contributed by atoms with Crippen LogP contribution in [0.3, 0.4) is 0 Å². The second-order valence-corrected chi connectivity index (χ2v) is 6.61. The van der Waals surface area contributed by atoms with Gasteiger partial charge in [0, 0.05) is 12.4 Å². The molecule has 0 spiro atoms. The van der Waals surface area contributed by atoms with Gasteiger partial charge in [0.25, 0.3) is 0 Å². The molecular formula is C19H20N2O3S. The van der Waals surface area contributed by atoms with E-state index in [1.165, 1.54) is 11.3 Å². The number of furan rings is 1. The van der Waals surface area contributed by atoms with Crippen LogP contribution in [0.2, 0.25) is 0 Å². The molecule has 0 aliphatic heterocycles. The normalized spacial score (nSPS) is 12.0. The summed E-state index contributed by atoms with van der Waals surface area (Å²) < 4.78 is 10.5. The molecule has 25 heavy (non-hydrogen) atoms. The highest BCUT2D eigenvalue weighted by Crippen LogP contribution is 2.25. The summed E-state index contributed by atoms with van der Waals surface area (Å²) in [6.45, 7) is 2.01. The summed E-state index contributed by atoms with van der Waals surface area (Å²) in [5.41, 5.74) is 1.82. The van der Waals surface area contributed by atoms with Crippen molar-refractivity contribution >= 4 is 17.2 Å². The number of likely N-dealkylation sites (N-methyl/N-ethyl adjacent to an activating group) is 1. The molecule has 0 N–H and O–H groups in total. The minimum Gasteiger partial charge on any atom is -0.497 e. The van der Waals surface area contributed by atoms with Crippen molar-refractivity contribution in [3.05, 3.63) is 59.3 Å². The molecule has 1 unspecified atom stereocenters. The lowest BCUT2D eigenvalue weighted by Gasteiger charge is -2.25. The maximum absolute atomic E-state index is 12.6. The lowest BCUT2D eigenvalue weighted by atomic mass is 10.1. The Labute approximate surface area is 150 Å². The maximum atomic E-state index is 12.6. The Morgan fingerprint density at radius 2 is 2.08 bits per heavy atom. The highest BCUT2D eigenvalue weighted by atomic mass is 32.1. The molecule has 0 radical (unpaired) electrons. The number of hydrogen-bond acceptors (Lipinski definition) is 5. The van der Waals surface area contributed by atoms with Crippen molar-refractivity contribution in [2.75, 3.05) is 14.2 Å². The average Bonchev–Trinajstić information content (AvgIpc) is 3.32. The van der Waals surface area contributed by atoms with Crippen LogP contribution in [0, 0.1) is 0 Å². The monoisotopic (exact) mass is 356 g/mol. The Bertz CT molecular complexity index is 825. The molecule has 0 saturated heterocycles. The minimum absolute atomic E-state index is 0.0263. The molecule has 6 heteroatoms. The molecule has 3 aromatic rings. The van der Waals surface area contributed by atoms with E-state index in [2.05, 4.69) is 4.98 Å². The SMILES string of the molecule is COc1ccc(C(C)N(C)C(=O)Cc2csc(-c3ccco3)n2)cc1. The third kappa shape index (κ3) is 3.91. The summed E-state index contributed by atoms with van der Waals surface area (Å²) in [4.78, 5) is 18.8. The molecule has 0 aliphatic carbocycles. The Morgan fingerprint density at radius 3 is 2.72 bits per heavy atom. The summed E-state index contributed by atoms with van der Waals surface area (Å²) in [6.07, 6.45) is 1.89. The molecule has 130 valence electrons. The second-order valence-electron chi connectivity index (χ2n) is 5.75. The quantitative estimate of drug-likeness (QED) is 0.665. The number of nitrogens with zero attached hydrogens (tertiary/aromatic N) is 2. The second kappa shape index (κ2) is 7.53. The zero-order valence-corrected chi connectivity index (χ0v) is 15.2. The van der Waals surface area contributed by atoms with Crippen molar-refractivity contribution in [3.8, 4) is 16.5 Å². The van der Waals surface area contributed by atoms with Gasteiger partial charge in [0.1, 0.15) is 5.75 Å². The molecule has 2 aromatic heterocycles. The van der Waals surface area contributed by atoms with E-state index in [0.717, 1.165) is 27.8 Å². The summed E-state index contributed by atoms with van der Waals surface area (Å²) in [5.74, 6) is 1.56. The van der Waals surface area contributed by atoms with Crippen molar-refractivity contribution < 1.29 is 13.9 Å². The molecule has 0 aliphatic rings. The van der Waals surface area contributed by atoms with Crippen molar-refractivity contribution in [1.29, 1.82) is 0 Å². The van der Waals surface area contributed by atoms with Crippen molar-refractivity contribution in [3.63, 3.8) is 0 Å². The topological polar surface area (TPSA) is 55.6 Å². The van der Waals surface area contributed by atoms with E-state index in [0.29, 0.717) is 0 Å². The number of thiazole rings is 1. The first-order chi connectivity index (χ1) is 12.1. The first kappa shape index (κ1) is 17.2. The maximum Gasteiger partial charge on any atom is 0.228 e. The number of ether oxygens (including phenoxy) is 1. The lowest BCUT2D eigenvalue weighted by Crippen LogP contribution is -2.31. The number of carbonyl (C=O) groups is 1. The van der Waals surface area contributed by atoms with Crippen LogP contribution < -0.4 is 4.74 Å². The van der Waals surface area contributed by atoms with Crippen LogP contribution in [0.25, 0.3) is 10.8 Å². The standard InChI is InChI=1S/C19H20N2O3S/c1-13(14-6-8-16(23-3)9-7-14)21(2)18(22)11-15-12-25-19(20-15)17-5-4-10-24-17/h4-10,12-13H,11H2,1-3H3. The molecule has 5 nitrogen and oxygen atoms in total. The van der Waals surface area contributed by atoms with Gasteiger partial charge < -0.3 is 14.1 Å². The summed E-state index contributed by atoms with van der Waals surface area (Å²) in [7, 11) is 3.45. The largest absolute Gasteiger partial charge is 0.497 e. The number of amides is 1. The fourth-order valence-corrected chi connectivity index (χ4v) is 3.29. The summed E-state index contributed by atoms with van der Waals surface area (Å²) in [6, 6.07) is 11.4. The molecule has 1 atom stereocenters. The van der Waals surface area contributed by atoms with E-state index in [1.54, 1.807) is 18.3 Å². The summed E-state index contributed by atoms with van der Waals surface area (Å²) >= 11 is 1.48. The Balaban J connectivity index is 1.65. The molecule has 0 saturated carbocycles. The molecule has 0 fully saturated rings. The van der Waals surface area contributed by atoms with Gasteiger partial charge in [-0.1, -0.05) is 12.1 Å². The van der Waals surface area contributed by atoms with Gasteiger partial charge in [-0.25, -0.2) is 4.98 Å². The van der Waals surface area contributed by atoms with E-state index in [9.17, 15) is 4.79 Å². The predicted octanol–water partition coefficient (Wildman–Crippen LogP) is 4.17. The van der Waals surface area contributed by atoms with Crippen molar-refractivity contribution in [1.82, 2.24) is 9.88 Å². The van der Waals surface area contributed by atoms with Crippen molar-refractivity contribution in [2.24, 2.45) is 0 Å². The van der Waals surface area contributed by atoms with Gasteiger partial charge in [-0.05, 0) is 36.8 Å². The zero-order chi connectivity index (χ0) is 17.8. The van der Waals surface area contributed by atoms with Crippen LogP contribution in [-0.4, -0.2) is 29.9 Å². The van der Waals surface area contributed by atoms with E-state index < -0.39 is 0 Å². The fourth-order valence-electron chi connectivity index (χ4n) is 2.50. The van der Waals surface area contributed by atoms with Gasteiger partial charge >= 0.3 is 0 Å². The highest BCUT2D eigenvalue weighted by molar-refractivity contribution is 7.13. The van der Waals surface area contributed by atoms with Gasteiger partial charge in [-0.15, -0.1) is 11.3 Å². The first-order valence-electron chi connectivity index (χ1n) is 7.96. The smallest absolute Gasteiger partial charge is 0.228 e. The third-order valence-electron chi connectivity index (χ3n) is 4.19. The van der Waals surface area contributed by atoms with Gasteiger partial charge in [0.15, 0.2) is 10.8 Å². The lowest BCUT2D eigenvalue weighted by molar-refractivity contribution is -0.131. The van der Waals surface area contributed by atoms with Crippen LogP contribution in [0.4, 0.5) is 0 Å². The van der Waals surface area contributed by atoms with E-state index in [1.807, 2.05) is 55.7 Å². The summed E-state index contributed by atoms with van der Waals surface area (Å²) in [5, 5.41) is 2.69. The number of rotatable bonds is 6. The van der Waals surface area contributed by atoms with E-state index in [4.69, 9.17) is 9.15 Å². The number of carbonyl (C=O) groups excluding carboxylic acids is 1. The molecule has 1 aromatic carbocycles. The number of methoxy groups -OCH3 is 1. The van der Waals surface area contributed by atoms with Crippen LogP contribution in [0.15, 0.2) is 52.5 Å². The molecule has 1 amide bonds. The number of benzene rings is 1. The zero-order valence-electron chi connectivity index (χ0n) is 14.4. The van der Waals surface area contributed by atoms with Crippen LogP contribution in [0.5, 0.6) is 5.75 Å². The van der Waals surface area contributed by atoms with Gasteiger partial charge in [0.05, 0.1) is 31.5 Å². The first-order valence-corrected chi connectivity index (χ1v) is 8.84. The van der Waals surface area contributed by atoms with Crippen LogP contribution >= 0.6 is 11.3 Å².